The van der Waals surface area contributed by atoms with Gasteiger partial charge in [0.1, 0.15) is 5.69 Å². The van der Waals surface area contributed by atoms with Crippen LogP contribution in [0, 0.1) is 12.3 Å². The van der Waals surface area contributed by atoms with E-state index in [0.29, 0.717) is 23.6 Å². The van der Waals surface area contributed by atoms with E-state index >= 15 is 0 Å². The van der Waals surface area contributed by atoms with Gasteiger partial charge in [0.05, 0.1) is 30.6 Å². The number of nitrogen functional groups attached to an aromatic ring is 1. The van der Waals surface area contributed by atoms with Gasteiger partial charge in [-0.1, -0.05) is 47.5 Å². The first kappa shape index (κ1) is 19.8. The average molecular weight is 410 g/mol. The van der Waals surface area contributed by atoms with E-state index in [-0.39, 0.29) is 12.4 Å². The Morgan fingerprint density at radius 1 is 1.03 bits per heavy atom. The zero-order valence-corrected chi connectivity index (χ0v) is 16.4. The molecule has 0 aliphatic rings. The summed E-state index contributed by atoms with van der Waals surface area (Å²) in [6.45, 7) is 0.443. The number of carbonyl (C=O) groups is 1. The van der Waals surface area contributed by atoms with Crippen LogP contribution in [0.1, 0.15) is 16.7 Å². The molecule has 0 spiro atoms. The highest BCUT2D eigenvalue weighted by molar-refractivity contribution is 5.70. The lowest BCUT2D eigenvalue weighted by Gasteiger charge is -2.05. The molecule has 0 atom stereocenters. The molecule has 0 radical (unpaired) electrons. The van der Waals surface area contributed by atoms with Crippen LogP contribution in [0.4, 0.5) is 5.95 Å². The lowest BCUT2D eigenvalue weighted by molar-refractivity contribution is -0.136. The molecule has 152 valence electrons. The number of carboxylic acid groups (broad SMARTS) is 1. The SMILES string of the molecule is C#Cc1cccc(-c2cc(-c3cn(Cc4cccc(CC(=O)O)c4)nn3)nc(N)n2)c1. The molecule has 31 heavy (non-hydrogen) atoms. The van der Waals surface area contributed by atoms with Crippen molar-refractivity contribution >= 4 is 11.9 Å². The third kappa shape index (κ3) is 4.74. The van der Waals surface area contributed by atoms with Gasteiger partial charge in [-0.3, -0.25) is 4.79 Å². The van der Waals surface area contributed by atoms with Crippen molar-refractivity contribution < 1.29 is 9.90 Å². The molecule has 0 amide bonds. The Balaban J connectivity index is 1.60. The number of aliphatic carboxylic acids is 1. The second kappa shape index (κ2) is 8.47. The fourth-order valence-corrected chi connectivity index (χ4v) is 3.21. The van der Waals surface area contributed by atoms with Crippen molar-refractivity contribution in [2.45, 2.75) is 13.0 Å². The largest absolute Gasteiger partial charge is 0.481 e. The molecule has 2 aromatic carbocycles. The van der Waals surface area contributed by atoms with Crippen molar-refractivity contribution in [2.24, 2.45) is 0 Å². The molecule has 4 aromatic rings. The summed E-state index contributed by atoms with van der Waals surface area (Å²) in [6.07, 6.45) is 7.22. The first-order valence-electron chi connectivity index (χ1n) is 9.42. The lowest BCUT2D eigenvalue weighted by atomic mass is 10.1. The van der Waals surface area contributed by atoms with E-state index in [4.69, 9.17) is 17.3 Å². The molecule has 3 N–H and O–H groups in total. The van der Waals surface area contributed by atoms with Gasteiger partial charge in [0.15, 0.2) is 0 Å². The van der Waals surface area contributed by atoms with E-state index in [9.17, 15) is 4.79 Å². The molecule has 0 unspecified atom stereocenters. The number of hydrogen-bond acceptors (Lipinski definition) is 6. The standard InChI is InChI=1S/C23H18N6O2/c1-2-15-5-4-8-18(10-15)19-12-20(26-23(24)25-19)21-14-29(28-27-21)13-17-7-3-6-16(9-17)11-22(30)31/h1,3-10,12,14H,11,13H2,(H,30,31)(H2,24,25,26). The van der Waals surface area contributed by atoms with Crippen LogP contribution in [0.3, 0.4) is 0 Å². The quantitative estimate of drug-likeness (QED) is 0.469. The molecular formula is C23H18N6O2. The third-order valence-electron chi connectivity index (χ3n) is 4.56. The summed E-state index contributed by atoms with van der Waals surface area (Å²) in [6, 6.07) is 16.6. The highest BCUT2D eigenvalue weighted by atomic mass is 16.4. The van der Waals surface area contributed by atoms with Crippen LogP contribution in [0.5, 0.6) is 0 Å². The van der Waals surface area contributed by atoms with E-state index in [0.717, 1.165) is 22.3 Å². The highest BCUT2D eigenvalue weighted by Gasteiger charge is 2.11. The van der Waals surface area contributed by atoms with Gasteiger partial charge in [-0.25, -0.2) is 14.6 Å². The summed E-state index contributed by atoms with van der Waals surface area (Å²) in [5.41, 5.74) is 10.9. The van der Waals surface area contributed by atoms with Gasteiger partial charge in [-0.2, -0.15) is 0 Å². The minimum atomic E-state index is -0.870. The molecule has 0 fully saturated rings. The predicted molar refractivity (Wildman–Crippen MR) is 116 cm³/mol. The monoisotopic (exact) mass is 410 g/mol. The Labute approximate surface area is 178 Å². The molecule has 8 nitrogen and oxygen atoms in total. The van der Waals surface area contributed by atoms with Crippen LogP contribution in [0.15, 0.2) is 60.8 Å². The van der Waals surface area contributed by atoms with Crippen LogP contribution in [0.2, 0.25) is 0 Å². The van der Waals surface area contributed by atoms with Crippen LogP contribution >= 0.6 is 0 Å². The Bertz CT molecular complexity index is 1310. The lowest BCUT2D eigenvalue weighted by Crippen LogP contribution is -2.03. The Kier molecular flexibility index (Phi) is 5.41. The van der Waals surface area contributed by atoms with Gasteiger partial charge in [0.25, 0.3) is 0 Å². The van der Waals surface area contributed by atoms with Crippen LogP contribution in [0.25, 0.3) is 22.6 Å². The van der Waals surface area contributed by atoms with Crippen molar-refractivity contribution in [2.75, 3.05) is 5.73 Å². The van der Waals surface area contributed by atoms with E-state index in [1.54, 1.807) is 23.0 Å². The van der Waals surface area contributed by atoms with E-state index in [1.807, 2.05) is 42.5 Å². The second-order valence-electron chi connectivity index (χ2n) is 6.91. The van der Waals surface area contributed by atoms with Crippen molar-refractivity contribution in [3.63, 3.8) is 0 Å². The van der Waals surface area contributed by atoms with Gasteiger partial charge >= 0.3 is 5.97 Å². The first-order valence-corrected chi connectivity index (χ1v) is 9.42. The van der Waals surface area contributed by atoms with Gasteiger partial charge in [0, 0.05) is 11.1 Å². The summed E-state index contributed by atoms with van der Waals surface area (Å²) >= 11 is 0. The number of anilines is 1. The number of terminal acetylenes is 1. The Hall–Kier alpha value is -4.51. The van der Waals surface area contributed by atoms with Crippen molar-refractivity contribution in [3.05, 3.63) is 77.5 Å². The molecule has 2 aromatic heterocycles. The number of nitrogens with two attached hydrogens (primary N) is 1. The van der Waals surface area contributed by atoms with Crippen LogP contribution in [-0.2, 0) is 17.8 Å². The van der Waals surface area contributed by atoms with E-state index in [2.05, 4.69) is 26.2 Å². The van der Waals surface area contributed by atoms with Gasteiger partial charge in [-0.15, -0.1) is 11.5 Å². The van der Waals surface area contributed by atoms with Gasteiger partial charge in [-0.05, 0) is 29.3 Å². The Morgan fingerprint density at radius 2 is 1.81 bits per heavy atom. The zero-order chi connectivity index (χ0) is 21.8. The maximum Gasteiger partial charge on any atom is 0.307 e. The maximum absolute atomic E-state index is 10.9. The molecule has 8 heteroatoms. The molecular weight excluding hydrogens is 392 g/mol. The smallest absolute Gasteiger partial charge is 0.307 e. The summed E-state index contributed by atoms with van der Waals surface area (Å²) in [4.78, 5) is 19.5. The van der Waals surface area contributed by atoms with Crippen molar-refractivity contribution in [3.8, 4) is 35.0 Å². The summed E-state index contributed by atoms with van der Waals surface area (Å²) in [7, 11) is 0. The first-order chi connectivity index (χ1) is 15.0. The van der Waals surface area contributed by atoms with Crippen molar-refractivity contribution in [1.29, 1.82) is 0 Å². The minimum absolute atomic E-state index is 0.0275. The minimum Gasteiger partial charge on any atom is -0.481 e. The van der Waals surface area contributed by atoms with Gasteiger partial charge in [0.2, 0.25) is 5.95 Å². The second-order valence-corrected chi connectivity index (χ2v) is 6.91. The third-order valence-corrected chi connectivity index (χ3v) is 4.56. The van der Waals surface area contributed by atoms with E-state index < -0.39 is 5.97 Å². The highest BCUT2D eigenvalue weighted by Crippen LogP contribution is 2.24. The zero-order valence-electron chi connectivity index (χ0n) is 16.4. The number of aromatic nitrogens is 5. The Morgan fingerprint density at radius 3 is 2.61 bits per heavy atom. The number of nitrogens with zero attached hydrogens (tertiary/aromatic N) is 5. The fourth-order valence-electron chi connectivity index (χ4n) is 3.21. The number of hydrogen-bond donors (Lipinski definition) is 2. The summed E-state index contributed by atoms with van der Waals surface area (Å²) < 4.78 is 1.66. The molecule has 0 saturated heterocycles. The topological polar surface area (TPSA) is 120 Å². The van der Waals surface area contributed by atoms with E-state index in [1.165, 1.54) is 0 Å². The molecule has 0 saturated carbocycles. The molecule has 2 heterocycles. The van der Waals surface area contributed by atoms with Crippen molar-refractivity contribution in [1.82, 2.24) is 25.0 Å². The average Bonchev–Trinajstić information content (AvgIpc) is 3.21. The maximum atomic E-state index is 10.9. The summed E-state index contributed by atoms with van der Waals surface area (Å²) in [5, 5.41) is 17.3. The number of benzene rings is 2. The van der Waals surface area contributed by atoms with Gasteiger partial charge < -0.3 is 10.8 Å². The summed E-state index contributed by atoms with van der Waals surface area (Å²) in [5.74, 6) is 1.86. The molecule has 0 aliphatic carbocycles. The number of rotatable bonds is 6. The fraction of sp³-hybridized carbons (Fsp3) is 0.0870. The molecule has 4 rings (SSSR count). The molecule has 0 bridgehead atoms. The van der Waals surface area contributed by atoms with Crippen LogP contribution < -0.4 is 5.73 Å². The number of carboxylic acids is 1. The molecule has 0 aliphatic heterocycles. The normalized spacial score (nSPS) is 10.5. The van der Waals surface area contributed by atoms with Crippen LogP contribution in [-0.4, -0.2) is 36.0 Å². The predicted octanol–water partition coefficient (Wildman–Crippen LogP) is 2.64.